The number of nitrogens with one attached hydrogen (secondary N) is 2. The molecule has 0 saturated carbocycles. The molecule has 0 saturated heterocycles. The minimum absolute atomic E-state index is 0.252. The highest BCUT2D eigenvalue weighted by atomic mass is 35.5. The summed E-state index contributed by atoms with van der Waals surface area (Å²) in [6.45, 7) is 2.52. The maximum atomic E-state index is 12.4. The quantitative estimate of drug-likeness (QED) is 0.622. The Bertz CT molecular complexity index is 985. The van der Waals surface area contributed by atoms with E-state index in [9.17, 15) is 8.42 Å². The summed E-state index contributed by atoms with van der Waals surface area (Å²) >= 11 is 5.88. The molecule has 0 radical (unpaired) electrons. The average Bonchev–Trinajstić information content (AvgIpc) is 2.62. The molecular weight excluding hydrogens is 368 g/mol. The van der Waals surface area contributed by atoms with Crippen LogP contribution in [0.4, 0.5) is 11.4 Å². The SMILES string of the molecule is Cc1cccc(S(=O)(=O)Nc2ccc(NCc3ccc(Cl)cc3)cc2)c1. The van der Waals surface area contributed by atoms with Crippen LogP contribution in [0.15, 0.2) is 77.7 Å². The summed E-state index contributed by atoms with van der Waals surface area (Å²) in [5.74, 6) is 0. The number of anilines is 2. The summed E-state index contributed by atoms with van der Waals surface area (Å²) in [7, 11) is -3.59. The summed E-state index contributed by atoms with van der Waals surface area (Å²) in [6, 6.07) is 21.6. The van der Waals surface area contributed by atoms with Crippen LogP contribution in [0.5, 0.6) is 0 Å². The van der Waals surface area contributed by atoms with Crippen molar-refractivity contribution >= 4 is 33.0 Å². The Morgan fingerprint density at radius 2 is 1.54 bits per heavy atom. The lowest BCUT2D eigenvalue weighted by atomic mass is 10.2. The summed E-state index contributed by atoms with van der Waals surface area (Å²) in [4.78, 5) is 0.252. The molecular formula is C20H19ClN2O2S. The van der Waals surface area contributed by atoms with Crippen LogP contribution in [-0.4, -0.2) is 8.42 Å². The molecule has 0 heterocycles. The molecule has 0 aromatic heterocycles. The van der Waals surface area contributed by atoms with E-state index in [0.29, 0.717) is 17.3 Å². The Hall–Kier alpha value is -2.50. The second-order valence-corrected chi connectivity index (χ2v) is 8.10. The van der Waals surface area contributed by atoms with Crippen LogP contribution in [-0.2, 0) is 16.6 Å². The molecule has 0 aliphatic heterocycles. The number of aryl methyl sites for hydroxylation is 1. The van der Waals surface area contributed by atoms with Gasteiger partial charge in [-0.3, -0.25) is 4.72 Å². The number of benzene rings is 3. The van der Waals surface area contributed by atoms with Crippen molar-refractivity contribution in [3.8, 4) is 0 Å². The van der Waals surface area contributed by atoms with Gasteiger partial charge in [0.2, 0.25) is 0 Å². The van der Waals surface area contributed by atoms with Gasteiger partial charge in [-0.15, -0.1) is 0 Å². The zero-order valence-corrected chi connectivity index (χ0v) is 15.8. The van der Waals surface area contributed by atoms with Crippen molar-refractivity contribution in [2.45, 2.75) is 18.4 Å². The van der Waals surface area contributed by atoms with Gasteiger partial charge in [-0.2, -0.15) is 0 Å². The summed E-state index contributed by atoms with van der Waals surface area (Å²) in [5.41, 5.74) is 3.43. The van der Waals surface area contributed by atoms with E-state index in [1.807, 2.05) is 49.4 Å². The van der Waals surface area contributed by atoms with Crippen molar-refractivity contribution in [2.75, 3.05) is 10.0 Å². The molecule has 4 nitrogen and oxygen atoms in total. The zero-order valence-electron chi connectivity index (χ0n) is 14.2. The number of rotatable bonds is 6. The van der Waals surface area contributed by atoms with Crippen molar-refractivity contribution in [2.24, 2.45) is 0 Å². The monoisotopic (exact) mass is 386 g/mol. The molecule has 0 bridgehead atoms. The summed E-state index contributed by atoms with van der Waals surface area (Å²) < 4.78 is 27.5. The first-order chi connectivity index (χ1) is 12.4. The van der Waals surface area contributed by atoms with E-state index in [2.05, 4.69) is 10.0 Å². The molecule has 0 fully saturated rings. The minimum Gasteiger partial charge on any atom is -0.381 e. The number of hydrogen-bond acceptors (Lipinski definition) is 3. The topological polar surface area (TPSA) is 58.2 Å². The Morgan fingerprint density at radius 1 is 0.885 bits per heavy atom. The Kier molecular flexibility index (Phi) is 5.49. The molecule has 3 aromatic carbocycles. The molecule has 3 rings (SSSR count). The third kappa shape index (κ3) is 4.77. The largest absolute Gasteiger partial charge is 0.381 e. The van der Waals surface area contributed by atoms with E-state index in [0.717, 1.165) is 16.8 Å². The first kappa shape index (κ1) is 18.3. The van der Waals surface area contributed by atoms with Gasteiger partial charge in [0.15, 0.2) is 0 Å². The van der Waals surface area contributed by atoms with Crippen molar-refractivity contribution in [3.05, 3.63) is 88.9 Å². The van der Waals surface area contributed by atoms with E-state index < -0.39 is 10.0 Å². The molecule has 0 spiro atoms. The van der Waals surface area contributed by atoms with Gasteiger partial charge >= 0.3 is 0 Å². The standard InChI is InChI=1S/C20H19ClN2O2S/c1-15-3-2-4-20(13-15)26(24,25)23-19-11-9-18(10-12-19)22-14-16-5-7-17(21)8-6-16/h2-13,22-23H,14H2,1H3. The third-order valence-electron chi connectivity index (χ3n) is 3.85. The molecule has 134 valence electrons. The van der Waals surface area contributed by atoms with Gasteiger partial charge in [-0.25, -0.2) is 8.42 Å². The van der Waals surface area contributed by atoms with Crippen LogP contribution in [0.2, 0.25) is 5.02 Å². The molecule has 2 N–H and O–H groups in total. The molecule has 0 aliphatic rings. The molecule has 0 aliphatic carbocycles. The van der Waals surface area contributed by atoms with E-state index in [1.54, 1.807) is 30.3 Å². The van der Waals surface area contributed by atoms with Crippen molar-refractivity contribution in [3.63, 3.8) is 0 Å². The van der Waals surface area contributed by atoms with Crippen LogP contribution in [0.1, 0.15) is 11.1 Å². The lowest BCUT2D eigenvalue weighted by Crippen LogP contribution is -2.13. The van der Waals surface area contributed by atoms with Crippen LogP contribution in [0.3, 0.4) is 0 Å². The van der Waals surface area contributed by atoms with Crippen LogP contribution in [0.25, 0.3) is 0 Å². The van der Waals surface area contributed by atoms with E-state index in [1.165, 1.54) is 0 Å². The van der Waals surface area contributed by atoms with Crippen molar-refractivity contribution in [1.82, 2.24) is 0 Å². The Morgan fingerprint density at radius 3 is 2.19 bits per heavy atom. The average molecular weight is 387 g/mol. The smallest absolute Gasteiger partial charge is 0.261 e. The molecule has 6 heteroatoms. The highest BCUT2D eigenvalue weighted by Gasteiger charge is 2.13. The normalized spacial score (nSPS) is 11.2. The zero-order chi connectivity index (χ0) is 18.6. The highest BCUT2D eigenvalue weighted by Crippen LogP contribution is 2.19. The minimum atomic E-state index is -3.59. The van der Waals surface area contributed by atoms with Gasteiger partial charge < -0.3 is 5.32 Å². The van der Waals surface area contributed by atoms with Crippen molar-refractivity contribution < 1.29 is 8.42 Å². The Labute approximate surface area is 158 Å². The maximum absolute atomic E-state index is 12.4. The fourth-order valence-corrected chi connectivity index (χ4v) is 3.75. The Balaban J connectivity index is 1.64. The lowest BCUT2D eigenvalue weighted by Gasteiger charge is -2.10. The molecule has 0 amide bonds. The fourth-order valence-electron chi connectivity index (χ4n) is 2.46. The summed E-state index contributed by atoms with van der Waals surface area (Å²) in [6.07, 6.45) is 0. The predicted octanol–water partition coefficient (Wildman–Crippen LogP) is 5.06. The van der Waals surface area contributed by atoms with E-state index in [-0.39, 0.29) is 4.90 Å². The van der Waals surface area contributed by atoms with Crippen LogP contribution in [0, 0.1) is 6.92 Å². The van der Waals surface area contributed by atoms with Gasteiger partial charge in [-0.1, -0.05) is 35.9 Å². The number of halogens is 1. The van der Waals surface area contributed by atoms with E-state index >= 15 is 0 Å². The van der Waals surface area contributed by atoms with Gasteiger partial charge in [0, 0.05) is 22.9 Å². The van der Waals surface area contributed by atoms with Crippen LogP contribution < -0.4 is 10.0 Å². The lowest BCUT2D eigenvalue weighted by molar-refractivity contribution is 0.601. The van der Waals surface area contributed by atoms with Crippen LogP contribution >= 0.6 is 11.6 Å². The van der Waals surface area contributed by atoms with Gasteiger partial charge in [-0.05, 0) is 66.6 Å². The molecule has 3 aromatic rings. The maximum Gasteiger partial charge on any atom is 0.261 e. The second-order valence-electron chi connectivity index (χ2n) is 5.98. The third-order valence-corrected chi connectivity index (χ3v) is 5.48. The highest BCUT2D eigenvalue weighted by molar-refractivity contribution is 7.92. The molecule has 0 unspecified atom stereocenters. The first-order valence-corrected chi connectivity index (χ1v) is 9.96. The van der Waals surface area contributed by atoms with E-state index in [4.69, 9.17) is 11.6 Å². The van der Waals surface area contributed by atoms with Gasteiger partial charge in [0.1, 0.15) is 0 Å². The van der Waals surface area contributed by atoms with Crippen molar-refractivity contribution in [1.29, 1.82) is 0 Å². The number of sulfonamides is 1. The first-order valence-electron chi connectivity index (χ1n) is 8.10. The fraction of sp³-hybridized carbons (Fsp3) is 0.100. The van der Waals surface area contributed by atoms with Gasteiger partial charge in [0.25, 0.3) is 10.0 Å². The molecule has 26 heavy (non-hydrogen) atoms. The second kappa shape index (κ2) is 7.81. The summed E-state index contributed by atoms with van der Waals surface area (Å²) in [5, 5.41) is 4.00. The van der Waals surface area contributed by atoms with Gasteiger partial charge in [0.05, 0.1) is 4.90 Å². The molecule has 0 atom stereocenters. The number of hydrogen-bond donors (Lipinski definition) is 2. The predicted molar refractivity (Wildman–Crippen MR) is 107 cm³/mol.